The van der Waals surface area contributed by atoms with Gasteiger partial charge in [0.1, 0.15) is 18.1 Å². The summed E-state index contributed by atoms with van der Waals surface area (Å²) < 4.78 is 17.7. The number of anilines is 1. The third-order valence-electron chi connectivity index (χ3n) is 6.73. The number of benzene rings is 3. The van der Waals surface area contributed by atoms with Crippen LogP contribution >= 0.6 is 34.7 Å². The van der Waals surface area contributed by atoms with E-state index in [1.165, 1.54) is 28.0 Å². The van der Waals surface area contributed by atoms with Crippen molar-refractivity contribution in [3.63, 3.8) is 0 Å². The highest BCUT2D eigenvalue weighted by Gasteiger charge is 2.48. The van der Waals surface area contributed by atoms with Gasteiger partial charge in [-0.25, -0.2) is 0 Å². The van der Waals surface area contributed by atoms with Crippen LogP contribution in [0.5, 0.6) is 17.2 Å². The zero-order valence-corrected chi connectivity index (χ0v) is 27.0. The number of halogens is 1. The molecule has 0 aliphatic carbocycles. The van der Waals surface area contributed by atoms with E-state index in [0.29, 0.717) is 56.7 Å². The molecule has 1 fully saturated rings. The molecule has 1 N–H and O–H groups in total. The first-order valence-corrected chi connectivity index (χ1v) is 16.3. The van der Waals surface area contributed by atoms with Gasteiger partial charge in [-0.3, -0.25) is 14.5 Å². The molecule has 1 aromatic heterocycles. The van der Waals surface area contributed by atoms with Crippen molar-refractivity contribution in [1.82, 2.24) is 10.2 Å². The van der Waals surface area contributed by atoms with Gasteiger partial charge in [-0.1, -0.05) is 71.6 Å². The number of thioether (sulfide) groups is 1. The number of hydrogen-bond donors (Lipinski definition) is 1. The third kappa shape index (κ3) is 7.00. The predicted octanol–water partition coefficient (Wildman–Crippen LogP) is 7.47. The molecule has 2 heterocycles. The second-order valence-electron chi connectivity index (χ2n) is 9.60. The highest BCUT2D eigenvalue weighted by atomic mass is 35.5. The minimum atomic E-state index is -1.03. The number of ether oxygens (including phenoxy) is 3. The molecule has 1 unspecified atom stereocenters. The minimum Gasteiger partial charge on any atom is -0.507 e. The molecule has 1 atom stereocenters. The molecule has 0 bridgehead atoms. The van der Waals surface area contributed by atoms with Gasteiger partial charge in [-0.15, -0.1) is 10.2 Å². The summed E-state index contributed by atoms with van der Waals surface area (Å²) in [4.78, 5) is 28.6. The molecule has 4 aromatic rings. The van der Waals surface area contributed by atoms with Crippen LogP contribution in [0.25, 0.3) is 5.76 Å². The number of aliphatic hydroxyl groups is 1. The number of carbonyl (C=O) groups excluding carboxylic acids is 2. The molecular formula is C33H30ClN3O6S2. The molecule has 1 aliphatic heterocycles. The summed E-state index contributed by atoms with van der Waals surface area (Å²) in [5, 5.41) is 20.9. The second kappa shape index (κ2) is 14.6. The van der Waals surface area contributed by atoms with E-state index in [2.05, 4.69) is 16.8 Å². The Hall–Kier alpha value is -4.32. The van der Waals surface area contributed by atoms with Crippen molar-refractivity contribution in [3.8, 4) is 17.2 Å². The van der Waals surface area contributed by atoms with E-state index in [4.69, 9.17) is 25.8 Å². The number of hydrogen-bond acceptors (Lipinski definition) is 10. The maximum absolute atomic E-state index is 13.7. The monoisotopic (exact) mass is 663 g/mol. The number of aliphatic hydroxyl groups excluding tert-OH is 1. The average Bonchev–Trinajstić information content (AvgIpc) is 3.62. The van der Waals surface area contributed by atoms with Crippen LogP contribution in [0.3, 0.4) is 0 Å². The normalized spacial score (nSPS) is 15.7. The predicted molar refractivity (Wildman–Crippen MR) is 177 cm³/mol. The van der Waals surface area contributed by atoms with E-state index in [-0.39, 0.29) is 23.1 Å². The Kier molecular flexibility index (Phi) is 10.4. The van der Waals surface area contributed by atoms with E-state index >= 15 is 0 Å². The summed E-state index contributed by atoms with van der Waals surface area (Å²) >= 11 is 8.90. The Morgan fingerprint density at radius 3 is 2.49 bits per heavy atom. The van der Waals surface area contributed by atoms with E-state index in [0.717, 1.165) is 5.56 Å². The molecule has 1 amide bonds. The molecular weight excluding hydrogens is 634 g/mol. The lowest BCUT2D eigenvalue weighted by molar-refractivity contribution is -0.132. The molecule has 45 heavy (non-hydrogen) atoms. The summed E-state index contributed by atoms with van der Waals surface area (Å²) in [6, 6.07) is 18.3. The van der Waals surface area contributed by atoms with E-state index in [9.17, 15) is 14.7 Å². The molecule has 0 saturated carbocycles. The van der Waals surface area contributed by atoms with Crippen molar-refractivity contribution in [2.45, 2.75) is 30.0 Å². The number of ketones is 1. The van der Waals surface area contributed by atoms with Crippen LogP contribution in [0.1, 0.15) is 36.6 Å². The topological polar surface area (TPSA) is 111 Å². The van der Waals surface area contributed by atoms with Crippen molar-refractivity contribution >= 4 is 57.3 Å². The SMILES string of the molecule is C=CCOc1ccc(C2/C(=C(\O)c3ccc(OCC)cc3)C(=O)C(=O)N2c2nnc(SCc3ccccc3Cl)s2)cc1OCC. The molecule has 1 aliphatic rings. The Morgan fingerprint density at radius 2 is 1.78 bits per heavy atom. The first-order chi connectivity index (χ1) is 21.9. The summed E-state index contributed by atoms with van der Waals surface area (Å²) in [7, 11) is 0. The molecule has 3 aromatic carbocycles. The van der Waals surface area contributed by atoms with Gasteiger partial charge >= 0.3 is 5.91 Å². The lowest BCUT2D eigenvalue weighted by Crippen LogP contribution is -2.29. The first kappa shape index (κ1) is 32.1. The van der Waals surface area contributed by atoms with Crippen LogP contribution in [-0.4, -0.2) is 46.8 Å². The Morgan fingerprint density at radius 1 is 1.02 bits per heavy atom. The summed E-state index contributed by atoms with van der Waals surface area (Å²) in [6.45, 7) is 8.49. The maximum Gasteiger partial charge on any atom is 0.301 e. The van der Waals surface area contributed by atoms with E-state index in [1.807, 2.05) is 38.1 Å². The zero-order valence-electron chi connectivity index (χ0n) is 24.6. The minimum absolute atomic E-state index is 0.0909. The lowest BCUT2D eigenvalue weighted by Gasteiger charge is -2.23. The zero-order chi connectivity index (χ0) is 31.9. The molecule has 9 nitrogen and oxygen atoms in total. The maximum atomic E-state index is 13.7. The van der Waals surface area contributed by atoms with Crippen LogP contribution in [0, 0.1) is 0 Å². The summed E-state index contributed by atoms with van der Waals surface area (Å²) in [6.07, 6.45) is 1.62. The van der Waals surface area contributed by atoms with Crippen LogP contribution in [-0.2, 0) is 15.3 Å². The third-order valence-corrected chi connectivity index (χ3v) is 9.21. The van der Waals surface area contributed by atoms with Gasteiger partial charge in [0.2, 0.25) is 5.13 Å². The van der Waals surface area contributed by atoms with Crippen molar-refractivity contribution in [2.24, 2.45) is 0 Å². The van der Waals surface area contributed by atoms with Crippen molar-refractivity contribution < 1.29 is 28.9 Å². The Balaban J connectivity index is 1.58. The molecule has 1 saturated heterocycles. The standard InChI is InChI=1S/C33H30ClN3O6S2/c1-4-17-43-25-16-13-21(18-26(25)42-6-3)28-27(29(38)20-11-14-23(15-12-20)41-5-2)30(39)31(40)37(28)32-35-36-33(45-32)44-19-22-9-7-8-10-24(22)34/h4,7-16,18,28,38H,1,5-6,17,19H2,2-3H3/b29-27+. The highest BCUT2D eigenvalue weighted by molar-refractivity contribution is 8.00. The van der Waals surface area contributed by atoms with E-state index < -0.39 is 17.7 Å². The van der Waals surface area contributed by atoms with Crippen LogP contribution in [0.15, 0.2) is 89.3 Å². The molecule has 12 heteroatoms. The fraction of sp³-hybridized carbons (Fsp3) is 0.212. The first-order valence-electron chi connectivity index (χ1n) is 14.1. The fourth-order valence-electron chi connectivity index (χ4n) is 4.72. The van der Waals surface area contributed by atoms with E-state index in [1.54, 1.807) is 48.5 Å². The Bertz CT molecular complexity index is 1740. The summed E-state index contributed by atoms with van der Waals surface area (Å²) in [5.74, 6) is 0.0193. The van der Waals surface area contributed by atoms with Crippen molar-refractivity contribution in [2.75, 3.05) is 24.7 Å². The smallest absolute Gasteiger partial charge is 0.301 e. The van der Waals surface area contributed by atoms with Crippen molar-refractivity contribution in [3.05, 3.63) is 107 Å². The molecule has 0 radical (unpaired) electrons. The quantitative estimate of drug-likeness (QED) is 0.0389. The number of carbonyl (C=O) groups is 2. The molecule has 232 valence electrons. The lowest BCUT2D eigenvalue weighted by atomic mass is 9.95. The van der Waals surface area contributed by atoms with Crippen molar-refractivity contribution in [1.29, 1.82) is 0 Å². The van der Waals surface area contributed by atoms with Crippen LogP contribution in [0.2, 0.25) is 5.02 Å². The van der Waals surface area contributed by atoms with Crippen LogP contribution in [0.4, 0.5) is 5.13 Å². The summed E-state index contributed by atoms with van der Waals surface area (Å²) in [5.41, 5.74) is 1.70. The molecule has 0 spiro atoms. The second-order valence-corrected chi connectivity index (χ2v) is 12.2. The average molecular weight is 664 g/mol. The molecule has 5 rings (SSSR count). The van der Waals surface area contributed by atoms with Gasteiger partial charge in [0.15, 0.2) is 15.8 Å². The number of nitrogens with zero attached hydrogens (tertiary/aromatic N) is 3. The highest BCUT2D eigenvalue weighted by Crippen LogP contribution is 2.46. The van der Waals surface area contributed by atoms with Gasteiger partial charge in [0.25, 0.3) is 5.78 Å². The van der Waals surface area contributed by atoms with Gasteiger partial charge in [0.05, 0.1) is 24.8 Å². The number of aromatic nitrogens is 2. The van der Waals surface area contributed by atoms with Crippen LogP contribution < -0.4 is 19.1 Å². The fourth-order valence-corrected chi connectivity index (χ4v) is 6.87. The Labute approximate surface area is 274 Å². The van der Waals surface area contributed by atoms with Gasteiger partial charge in [0, 0.05) is 16.3 Å². The largest absolute Gasteiger partial charge is 0.507 e. The number of amides is 1. The van der Waals surface area contributed by atoms with Gasteiger partial charge in [-0.2, -0.15) is 0 Å². The number of rotatable bonds is 13. The van der Waals surface area contributed by atoms with Gasteiger partial charge < -0.3 is 19.3 Å². The van der Waals surface area contributed by atoms with Gasteiger partial charge in [-0.05, 0) is 67.4 Å². The number of Topliss-reactive ketones (excluding diaryl/α,β-unsaturated/α-hetero) is 1.